The Morgan fingerprint density at radius 1 is 1.31 bits per heavy atom. The Morgan fingerprint density at radius 3 is 2.69 bits per heavy atom. The van der Waals surface area contributed by atoms with Crippen LogP contribution in [0.5, 0.6) is 0 Å². The van der Waals surface area contributed by atoms with Crippen LogP contribution in [0, 0.1) is 0 Å². The number of carbonyl (C=O) groups is 1. The van der Waals surface area contributed by atoms with Crippen LogP contribution in [-0.4, -0.2) is 49.6 Å². The maximum atomic E-state index is 11.8. The van der Waals surface area contributed by atoms with Crippen molar-refractivity contribution >= 4 is 35.8 Å². The van der Waals surface area contributed by atoms with E-state index in [9.17, 15) is 4.79 Å². The molecule has 2 N–H and O–H groups in total. The van der Waals surface area contributed by atoms with E-state index >= 15 is 0 Å². The Labute approximate surface area is 173 Å². The van der Waals surface area contributed by atoms with Gasteiger partial charge in [-0.2, -0.15) is 0 Å². The molecular formula is C19H31IN4O2. The van der Waals surface area contributed by atoms with Crippen molar-refractivity contribution < 1.29 is 9.53 Å². The van der Waals surface area contributed by atoms with Crippen molar-refractivity contribution in [3.63, 3.8) is 0 Å². The summed E-state index contributed by atoms with van der Waals surface area (Å²) in [6.45, 7) is 7.49. The highest BCUT2D eigenvalue weighted by molar-refractivity contribution is 14.0. The molecule has 1 aromatic carbocycles. The number of nitrogens with zero attached hydrogens (tertiary/aromatic N) is 2. The molecule has 7 heteroatoms. The third-order valence-corrected chi connectivity index (χ3v) is 4.43. The molecular weight excluding hydrogens is 443 g/mol. The van der Waals surface area contributed by atoms with Crippen molar-refractivity contribution in [2.45, 2.75) is 45.9 Å². The largest absolute Gasteiger partial charge is 0.377 e. The lowest BCUT2D eigenvalue weighted by atomic mass is 10.1. The zero-order valence-corrected chi connectivity index (χ0v) is 18.3. The van der Waals surface area contributed by atoms with Crippen molar-refractivity contribution in [1.82, 2.24) is 15.5 Å². The maximum absolute atomic E-state index is 11.8. The van der Waals surface area contributed by atoms with Crippen LogP contribution < -0.4 is 10.6 Å². The van der Waals surface area contributed by atoms with Crippen LogP contribution in [0.3, 0.4) is 0 Å². The number of carbonyl (C=O) groups excluding carboxylic acids is 1. The molecule has 1 saturated heterocycles. The third-order valence-electron chi connectivity index (χ3n) is 4.43. The molecule has 1 aliphatic heterocycles. The molecule has 1 heterocycles. The van der Waals surface area contributed by atoms with Gasteiger partial charge in [0, 0.05) is 45.8 Å². The average molecular weight is 474 g/mol. The summed E-state index contributed by atoms with van der Waals surface area (Å²) in [7, 11) is 1.77. The summed E-state index contributed by atoms with van der Waals surface area (Å²) in [6.07, 6.45) is 1.52. The predicted octanol–water partition coefficient (Wildman–Crippen LogP) is 2.52. The fourth-order valence-electron chi connectivity index (χ4n) is 2.98. The van der Waals surface area contributed by atoms with Gasteiger partial charge in [-0.05, 0) is 24.5 Å². The van der Waals surface area contributed by atoms with Crippen molar-refractivity contribution in [1.29, 1.82) is 0 Å². The molecule has 6 nitrogen and oxygen atoms in total. The van der Waals surface area contributed by atoms with Gasteiger partial charge in [0.05, 0.1) is 6.61 Å². The van der Waals surface area contributed by atoms with E-state index in [0.29, 0.717) is 26.2 Å². The second-order valence-electron chi connectivity index (χ2n) is 6.15. The Bertz CT molecular complexity index is 595. The molecule has 0 radical (unpaired) electrons. The van der Waals surface area contributed by atoms with Gasteiger partial charge in [-0.15, -0.1) is 24.0 Å². The minimum Gasteiger partial charge on any atom is -0.377 e. The monoisotopic (exact) mass is 474 g/mol. The van der Waals surface area contributed by atoms with E-state index in [1.165, 1.54) is 11.1 Å². The van der Waals surface area contributed by atoms with Crippen molar-refractivity contribution in [3.05, 3.63) is 35.4 Å². The first-order valence-corrected chi connectivity index (χ1v) is 9.07. The van der Waals surface area contributed by atoms with Gasteiger partial charge in [-0.25, -0.2) is 0 Å². The minimum absolute atomic E-state index is 0. The van der Waals surface area contributed by atoms with Gasteiger partial charge in [0.2, 0.25) is 5.91 Å². The second-order valence-corrected chi connectivity index (χ2v) is 6.15. The van der Waals surface area contributed by atoms with E-state index < -0.39 is 0 Å². The molecule has 2 rings (SSSR count). The van der Waals surface area contributed by atoms with Gasteiger partial charge in [0.1, 0.15) is 0 Å². The summed E-state index contributed by atoms with van der Waals surface area (Å²) < 4.78 is 5.53. The Hall–Kier alpha value is -1.35. The standard InChI is InChI=1S/C19H30N4O2.HI/c1-4-18(24)23-11-10-17(13-23)22-19(20-3)21-12-15-8-6-7-9-16(15)14-25-5-2;/h6-9,17H,4-5,10-14H2,1-3H3,(H2,20,21,22);1H. The predicted molar refractivity (Wildman–Crippen MR) is 116 cm³/mol. The number of rotatable bonds is 7. The second kappa shape index (κ2) is 12.1. The lowest BCUT2D eigenvalue weighted by Gasteiger charge is -2.19. The lowest BCUT2D eigenvalue weighted by Crippen LogP contribution is -2.44. The highest BCUT2D eigenvalue weighted by Crippen LogP contribution is 2.12. The number of halogens is 1. The van der Waals surface area contributed by atoms with E-state index in [-0.39, 0.29) is 35.9 Å². The van der Waals surface area contributed by atoms with E-state index in [1.807, 2.05) is 30.9 Å². The molecule has 0 bridgehead atoms. The topological polar surface area (TPSA) is 66.0 Å². The summed E-state index contributed by atoms with van der Waals surface area (Å²) in [5.41, 5.74) is 2.39. The number of likely N-dealkylation sites (tertiary alicyclic amines) is 1. The summed E-state index contributed by atoms with van der Waals surface area (Å²) in [4.78, 5) is 18.0. The van der Waals surface area contributed by atoms with Crippen LogP contribution in [0.4, 0.5) is 0 Å². The first-order valence-electron chi connectivity index (χ1n) is 9.07. The number of hydrogen-bond donors (Lipinski definition) is 2. The molecule has 1 unspecified atom stereocenters. The zero-order valence-electron chi connectivity index (χ0n) is 16.0. The number of hydrogen-bond acceptors (Lipinski definition) is 3. The first-order chi connectivity index (χ1) is 12.2. The Kier molecular flexibility index (Phi) is 10.6. The quantitative estimate of drug-likeness (QED) is 0.362. The van der Waals surface area contributed by atoms with Gasteiger partial charge < -0.3 is 20.3 Å². The van der Waals surface area contributed by atoms with Crippen molar-refractivity contribution in [3.8, 4) is 0 Å². The highest BCUT2D eigenvalue weighted by Gasteiger charge is 2.25. The molecule has 0 saturated carbocycles. The molecule has 0 aromatic heterocycles. The van der Waals surface area contributed by atoms with Gasteiger partial charge in [-0.1, -0.05) is 31.2 Å². The van der Waals surface area contributed by atoms with Gasteiger partial charge >= 0.3 is 0 Å². The SMILES string of the molecule is CCOCc1ccccc1CNC(=NC)NC1CCN(C(=O)CC)C1.I. The number of guanidine groups is 1. The molecule has 1 aliphatic rings. The smallest absolute Gasteiger partial charge is 0.222 e. The normalized spacial score (nSPS) is 17.0. The summed E-state index contributed by atoms with van der Waals surface area (Å²) in [5, 5.41) is 6.79. The minimum atomic E-state index is 0. The summed E-state index contributed by atoms with van der Waals surface area (Å²) in [6, 6.07) is 8.51. The van der Waals surface area contributed by atoms with Crippen molar-refractivity contribution in [2.75, 3.05) is 26.7 Å². The molecule has 0 spiro atoms. The average Bonchev–Trinajstić information content (AvgIpc) is 3.12. The fraction of sp³-hybridized carbons (Fsp3) is 0.579. The Balaban J connectivity index is 0.00000338. The Morgan fingerprint density at radius 2 is 2.04 bits per heavy atom. The van der Waals surface area contributed by atoms with Crippen LogP contribution in [0.2, 0.25) is 0 Å². The van der Waals surface area contributed by atoms with E-state index in [2.05, 4.69) is 27.8 Å². The molecule has 146 valence electrons. The van der Waals surface area contributed by atoms with E-state index in [0.717, 1.165) is 25.5 Å². The molecule has 1 atom stereocenters. The van der Waals surface area contributed by atoms with Gasteiger partial charge in [0.15, 0.2) is 5.96 Å². The highest BCUT2D eigenvalue weighted by atomic mass is 127. The van der Waals surface area contributed by atoms with Crippen LogP contribution in [-0.2, 0) is 22.7 Å². The van der Waals surface area contributed by atoms with Crippen LogP contribution >= 0.6 is 24.0 Å². The van der Waals surface area contributed by atoms with Crippen molar-refractivity contribution in [2.24, 2.45) is 4.99 Å². The fourth-order valence-corrected chi connectivity index (χ4v) is 2.98. The zero-order chi connectivity index (χ0) is 18.1. The van der Waals surface area contributed by atoms with Crippen LogP contribution in [0.25, 0.3) is 0 Å². The summed E-state index contributed by atoms with van der Waals surface area (Å²) in [5.74, 6) is 0.985. The number of amides is 1. The number of ether oxygens (including phenoxy) is 1. The van der Waals surface area contributed by atoms with E-state index in [4.69, 9.17) is 4.74 Å². The molecule has 0 aliphatic carbocycles. The first kappa shape index (κ1) is 22.7. The molecule has 1 aromatic rings. The number of nitrogens with one attached hydrogen (secondary N) is 2. The van der Waals surface area contributed by atoms with Crippen LogP contribution in [0.1, 0.15) is 37.8 Å². The molecule has 26 heavy (non-hydrogen) atoms. The van der Waals surface area contributed by atoms with Crippen LogP contribution in [0.15, 0.2) is 29.3 Å². The molecule has 1 fully saturated rings. The van der Waals surface area contributed by atoms with Gasteiger partial charge in [0.25, 0.3) is 0 Å². The number of aliphatic imine (C=N–C) groups is 1. The molecule has 1 amide bonds. The van der Waals surface area contributed by atoms with Gasteiger partial charge in [-0.3, -0.25) is 9.79 Å². The summed E-state index contributed by atoms with van der Waals surface area (Å²) >= 11 is 0. The third kappa shape index (κ3) is 6.75. The van der Waals surface area contributed by atoms with E-state index in [1.54, 1.807) is 7.05 Å². The number of benzene rings is 1. The maximum Gasteiger partial charge on any atom is 0.222 e. The lowest BCUT2D eigenvalue weighted by molar-refractivity contribution is -0.129.